The second kappa shape index (κ2) is 5.07. The number of phenolic OH excluding ortho intramolecular Hbond substituents is 1. The molecule has 0 aromatic heterocycles. The molecule has 1 aliphatic rings. The topological polar surface area (TPSA) is 35.5 Å². The van der Waals surface area contributed by atoms with Crippen molar-refractivity contribution in [1.29, 1.82) is 0 Å². The van der Waals surface area contributed by atoms with Gasteiger partial charge in [-0.3, -0.25) is 4.90 Å². The second-order valence-electron chi connectivity index (χ2n) is 5.22. The van der Waals surface area contributed by atoms with Crippen LogP contribution in [0.15, 0.2) is 18.2 Å². The van der Waals surface area contributed by atoms with Gasteiger partial charge in [-0.2, -0.15) is 0 Å². The summed E-state index contributed by atoms with van der Waals surface area (Å²) in [5.74, 6) is 0.411. The number of nitrogens with one attached hydrogen (secondary N) is 1. The molecule has 2 N–H and O–H groups in total. The van der Waals surface area contributed by atoms with Crippen molar-refractivity contribution in [2.75, 3.05) is 13.1 Å². The van der Waals surface area contributed by atoms with Gasteiger partial charge in [0.2, 0.25) is 0 Å². The van der Waals surface area contributed by atoms with E-state index in [2.05, 4.69) is 37.1 Å². The van der Waals surface area contributed by atoms with Crippen LogP contribution in [0.3, 0.4) is 0 Å². The van der Waals surface area contributed by atoms with E-state index in [1.54, 1.807) is 6.07 Å². The summed E-state index contributed by atoms with van der Waals surface area (Å²) in [6, 6.07) is 6.86. The molecule has 1 fully saturated rings. The van der Waals surface area contributed by atoms with Crippen molar-refractivity contribution in [3.63, 3.8) is 0 Å². The monoisotopic (exact) mass is 234 g/mol. The van der Waals surface area contributed by atoms with E-state index < -0.39 is 0 Å². The maximum absolute atomic E-state index is 9.88. The van der Waals surface area contributed by atoms with E-state index in [1.807, 2.05) is 6.07 Å². The molecule has 0 saturated carbocycles. The molecule has 1 aliphatic heterocycles. The Hall–Kier alpha value is -1.06. The van der Waals surface area contributed by atoms with Crippen molar-refractivity contribution in [3.8, 4) is 5.75 Å². The fourth-order valence-electron chi connectivity index (χ4n) is 2.38. The van der Waals surface area contributed by atoms with E-state index in [9.17, 15) is 5.11 Å². The lowest BCUT2D eigenvalue weighted by Crippen LogP contribution is -2.53. The summed E-state index contributed by atoms with van der Waals surface area (Å²) in [6.45, 7) is 9.39. The van der Waals surface area contributed by atoms with E-state index in [0.717, 1.165) is 25.2 Å². The molecule has 1 aromatic rings. The van der Waals surface area contributed by atoms with Gasteiger partial charge in [-0.15, -0.1) is 0 Å². The van der Waals surface area contributed by atoms with Gasteiger partial charge in [0.05, 0.1) is 0 Å². The highest BCUT2D eigenvalue weighted by atomic mass is 16.3. The van der Waals surface area contributed by atoms with Gasteiger partial charge in [-0.05, 0) is 26.8 Å². The number of phenols is 1. The van der Waals surface area contributed by atoms with Crippen molar-refractivity contribution in [3.05, 3.63) is 29.3 Å². The molecular formula is C14H22N2O. The van der Waals surface area contributed by atoms with E-state index in [-0.39, 0.29) is 0 Å². The second-order valence-corrected chi connectivity index (χ2v) is 5.22. The van der Waals surface area contributed by atoms with Crippen molar-refractivity contribution in [2.45, 2.75) is 39.4 Å². The van der Waals surface area contributed by atoms with Gasteiger partial charge in [0.15, 0.2) is 0 Å². The maximum Gasteiger partial charge on any atom is 0.120 e. The van der Waals surface area contributed by atoms with E-state index >= 15 is 0 Å². The first-order valence-corrected chi connectivity index (χ1v) is 6.32. The average molecular weight is 234 g/mol. The van der Waals surface area contributed by atoms with Crippen LogP contribution in [0.4, 0.5) is 0 Å². The molecule has 0 amide bonds. The van der Waals surface area contributed by atoms with Gasteiger partial charge in [0.25, 0.3) is 0 Å². The number of hydrogen-bond acceptors (Lipinski definition) is 3. The van der Waals surface area contributed by atoms with E-state index in [0.29, 0.717) is 17.8 Å². The van der Waals surface area contributed by atoms with Gasteiger partial charge in [-0.1, -0.05) is 17.7 Å². The molecule has 1 saturated heterocycles. The summed E-state index contributed by atoms with van der Waals surface area (Å²) in [5.41, 5.74) is 2.24. The first kappa shape index (κ1) is 12.4. The van der Waals surface area contributed by atoms with Crippen LogP contribution in [-0.4, -0.2) is 35.2 Å². The predicted molar refractivity (Wildman–Crippen MR) is 70.2 cm³/mol. The highest BCUT2D eigenvalue weighted by molar-refractivity contribution is 5.35. The third-order valence-corrected chi connectivity index (χ3v) is 3.50. The smallest absolute Gasteiger partial charge is 0.120 e. The molecule has 0 bridgehead atoms. The van der Waals surface area contributed by atoms with E-state index in [1.165, 1.54) is 5.56 Å². The molecule has 3 heteroatoms. The summed E-state index contributed by atoms with van der Waals surface area (Å²) in [4.78, 5) is 2.43. The summed E-state index contributed by atoms with van der Waals surface area (Å²) in [7, 11) is 0. The van der Waals surface area contributed by atoms with Crippen LogP contribution in [-0.2, 0) is 6.54 Å². The number of benzene rings is 1. The molecule has 1 heterocycles. The number of nitrogens with zero attached hydrogens (tertiary/aromatic N) is 1. The molecule has 94 valence electrons. The van der Waals surface area contributed by atoms with Crippen LogP contribution in [0.2, 0.25) is 0 Å². The highest BCUT2D eigenvalue weighted by Gasteiger charge is 2.22. The highest BCUT2D eigenvalue weighted by Crippen LogP contribution is 2.21. The summed E-state index contributed by atoms with van der Waals surface area (Å²) < 4.78 is 0. The molecule has 1 aromatic carbocycles. The van der Waals surface area contributed by atoms with Gasteiger partial charge < -0.3 is 10.4 Å². The minimum Gasteiger partial charge on any atom is -0.508 e. The SMILES string of the molecule is Cc1ccc(O)c(CN2CC(C)NCC2C)c1. The van der Waals surface area contributed by atoms with Crippen molar-refractivity contribution in [2.24, 2.45) is 0 Å². The minimum atomic E-state index is 0.411. The van der Waals surface area contributed by atoms with Gasteiger partial charge in [-0.25, -0.2) is 0 Å². The lowest BCUT2D eigenvalue weighted by atomic mass is 10.1. The first-order valence-electron chi connectivity index (χ1n) is 6.32. The van der Waals surface area contributed by atoms with Crippen LogP contribution in [0.25, 0.3) is 0 Å². The molecule has 0 radical (unpaired) electrons. The number of piperazine rings is 1. The Morgan fingerprint density at radius 1 is 1.41 bits per heavy atom. The molecule has 2 atom stereocenters. The third kappa shape index (κ3) is 2.99. The Bertz CT molecular complexity index is 392. The van der Waals surface area contributed by atoms with Crippen LogP contribution in [0.1, 0.15) is 25.0 Å². The Kier molecular flexibility index (Phi) is 3.69. The largest absolute Gasteiger partial charge is 0.508 e. The van der Waals surface area contributed by atoms with Gasteiger partial charge in [0.1, 0.15) is 5.75 Å². The Balaban J connectivity index is 2.11. The molecule has 17 heavy (non-hydrogen) atoms. The number of hydrogen-bond donors (Lipinski definition) is 2. The first-order chi connectivity index (χ1) is 8.06. The summed E-state index contributed by atoms with van der Waals surface area (Å²) >= 11 is 0. The summed E-state index contributed by atoms with van der Waals surface area (Å²) in [5, 5.41) is 13.3. The van der Waals surface area contributed by atoms with Crippen molar-refractivity contribution in [1.82, 2.24) is 10.2 Å². The van der Waals surface area contributed by atoms with Crippen LogP contribution >= 0.6 is 0 Å². The molecule has 2 unspecified atom stereocenters. The van der Waals surface area contributed by atoms with Gasteiger partial charge >= 0.3 is 0 Å². The summed E-state index contributed by atoms with van der Waals surface area (Å²) in [6.07, 6.45) is 0. The minimum absolute atomic E-state index is 0.411. The lowest BCUT2D eigenvalue weighted by Gasteiger charge is -2.37. The molecule has 0 spiro atoms. The van der Waals surface area contributed by atoms with Crippen LogP contribution < -0.4 is 5.32 Å². The quantitative estimate of drug-likeness (QED) is 0.820. The maximum atomic E-state index is 9.88. The third-order valence-electron chi connectivity index (χ3n) is 3.50. The molecule has 0 aliphatic carbocycles. The fourth-order valence-corrected chi connectivity index (χ4v) is 2.38. The Labute approximate surface area is 103 Å². The lowest BCUT2D eigenvalue weighted by molar-refractivity contribution is 0.137. The van der Waals surface area contributed by atoms with E-state index in [4.69, 9.17) is 0 Å². The standard InChI is InChI=1S/C14H22N2O/c1-10-4-5-14(17)13(6-10)9-16-8-11(2)15-7-12(16)3/h4-6,11-12,15,17H,7-9H2,1-3H3. The Morgan fingerprint density at radius 3 is 2.94 bits per heavy atom. The zero-order chi connectivity index (χ0) is 12.4. The average Bonchev–Trinajstić information content (AvgIpc) is 2.28. The van der Waals surface area contributed by atoms with Gasteiger partial charge in [0, 0.05) is 37.3 Å². The Morgan fingerprint density at radius 2 is 2.18 bits per heavy atom. The number of aryl methyl sites for hydroxylation is 1. The van der Waals surface area contributed by atoms with Crippen molar-refractivity contribution < 1.29 is 5.11 Å². The van der Waals surface area contributed by atoms with Crippen LogP contribution in [0, 0.1) is 6.92 Å². The number of aromatic hydroxyl groups is 1. The zero-order valence-electron chi connectivity index (χ0n) is 10.9. The predicted octanol–water partition coefficient (Wildman–Crippen LogP) is 1.88. The molecular weight excluding hydrogens is 212 g/mol. The molecule has 2 rings (SSSR count). The number of rotatable bonds is 2. The fraction of sp³-hybridized carbons (Fsp3) is 0.571. The van der Waals surface area contributed by atoms with Crippen LogP contribution in [0.5, 0.6) is 5.75 Å². The molecule has 3 nitrogen and oxygen atoms in total. The zero-order valence-corrected chi connectivity index (χ0v) is 10.9. The van der Waals surface area contributed by atoms with Crippen molar-refractivity contribution >= 4 is 0 Å². The normalized spacial score (nSPS) is 26.1.